The first-order chi connectivity index (χ1) is 31.8. The van der Waals surface area contributed by atoms with E-state index in [2.05, 4.69) is 12.1 Å². The van der Waals surface area contributed by atoms with Crippen LogP contribution in [0.25, 0.3) is 88.4 Å². The van der Waals surface area contributed by atoms with Crippen molar-refractivity contribution in [2.45, 2.75) is 39.3 Å². The smallest absolute Gasteiger partial charge is 0.308 e. The number of aromatic nitrogens is 2. The molecule has 2 aromatic heterocycles. The van der Waals surface area contributed by atoms with Crippen molar-refractivity contribution < 1.29 is 39.5 Å². The van der Waals surface area contributed by atoms with Crippen LogP contribution in [0.5, 0.6) is 0 Å². The summed E-state index contributed by atoms with van der Waals surface area (Å²) in [5.41, 5.74) is 4.00. The molecule has 3 nitrogen and oxygen atoms in total. The Morgan fingerprint density at radius 1 is 0.403 bits per heavy atom. The van der Waals surface area contributed by atoms with Crippen molar-refractivity contribution in [3.05, 3.63) is 191 Å². The molecular formula is C55H34F9N3. The van der Waals surface area contributed by atoms with E-state index < -0.39 is 40.8 Å². The van der Waals surface area contributed by atoms with Crippen molar-refractivity contribution in [2.24, 2.45) is 0 Å². The average Bonchev–Trinajstić information content (AvgIpc) is 3.79. The van der Waals surface area contributed by atoms with Crippen LogP contribution in [-0.4, -0.2) is 9.13 Å². The Hall–Kier alpha value is -7.78. The second-order valence-corrected chi connectivity index (χ2v) is 16.8. The Labute approximate surface area is 377 Å². The molecule has 12 heteroatoms. The zero-order chi connectivity index (χ0) is 47.3. The van der Waals surface area contributed by atoms with Gasteiger partial charge in [0.1, 0.15) is 11.6 Å². The fraction of sp³-hybridized carbons (Fsp3) is 0.109. The Bertz CT molecular complexity index is 3710. The third-order valence-electron chi connectivity index (χ3n) is 12.6. The van der Waals surface area contributed by atoms with E-state index in [0.29, 0.717) is 50.2 Å². The van der Waals surface area contributed by atoms with Crippen LogP contribution in [0.1, 0.15) is 38.9 Å². The number of benzene rings is 8. The molecule has 0 fully saturated rings. The largest absolute Gasteiger partial charge is 0.417 e. The lowest BCUT2D eigenvalue weighted by Gasteiger charge is -2.20. The van der Waals surface area contributed by atoms with Gasteiger partial charge >= 0.3 is 18.5 Å². The van der Waals surface area contributed by atoms with Crippen LogP contribution in [0.4, 0.5) is 39.5 Å². The molecule has 10 aromatic rings. The van der Waals surface area contributed by atoms with Gasteiger partial charge < -0.3 is 9.13 Å². The Morgan fingerprint density at radius 3 is 1.34 bits per heavy atom. The molecule has 0 aliphatic carbocycles. The molecular weight excluding hydrogens is 874 g/mol. The lowest BCUT2D eigenvalue weighted by molar-refractivity contribution is -0.143. The minimum Gasteiger partial charge on any atom is -0.308 e. The molecule has 0 saturated carbocycles. The molecule has 0 amide bonds. The summed E-state index contributed by atoms with van der Waals surface area (Å²) in [6.07, 6.45) is -14.8. The van der Waals surface area contributed by atoms with Gasteiger partial charge in [-0.3, -0.25) is 0 Å². The van der Waals surface area contributed by atoms with Crippen molar-refractivity contribution in [3.8, 4) is 50.8 Å². The zero-order valence-electron chi connectivity index (χ0n) is 35.7. The van der Waals surface area contributed by atoms with Gasteiger partial charge in [-0.05, 0) is 126 Å². The van der Waals surface area contributed by atoms with Gasteiger partial charge in [0.2, 0.25) is 0 Å². The summed E-state index contributed by atoms with van der Waals surface area (Å²) in [5.74, 6) is 0. The monoisotopic (exact) mass is 907 g/mol. The van der Waals surface area contributed by atoms with Gasteiger partial charge in [-0.15, -0.1) is 0 Å². The van der Waals surface area contributed by atoms with Crippen LogP contribution in [0.3, 0.4) is 0 Å². The van der Waals surface area contributed by atoms with E-state index in [-0.39, 0.29) is 22.9 Å². The van der Waals surface area contributed by atoms with Crippen LogP contribution in [-0.2, 0) is 18.5 Å². The molecule has 10 rings (SSSR count). The number of hydrogen-bond donors (Lipinski definition) is 0. The van der Waals surface area contributed by atoms with E-state index in [4.69, 9.17) is 0 Å². The molecule has 0 unspecified atom stereocenters. The van der Waals surface area contributed by atoms with Crippen molar-refractivity contribution in [1.29, 1.82) is 5.26 Å². The SMILES string of the molecule is Cc1ccc(-c2ccc3c4ccccc4n(-c4cc(-c5ccc(C(F)(F)F)cc5C)cc(-n5c6ccccc6c6ccc(-c7ccc(C(F)(F)F)cc7C(F)(F)F)cc65)c4C#N)c3c2)c(C)c1. The Kier molecular flexibility index (Phi) is 9.92. The fourth-order valence-corrected chi connectivity index (χ4v) is 9.54. The van der Waals surface area contributed by atoms with Crippen molar-refractivity contribution in [1.82, 2.24) is 9.13 Å². The predicted octanol–water partition coefficient (Wildman–Crippen LogP) is 16.7. The number of aryl methyl sites for hydroxylation is 3. The maximum Gasteiger partial charge on any atom is 0.417 e. The molecule has 0 aliphatic rings. The van der Waals surface area contributed by atoms with Gasteiger partial charge in [0.15, 0.2) is 0 Å². The molecule has 0 atom stereocenters. The molecule has 0 bridgehead atoms. The zero-order valence-corrected chi connectivity index (χ0v) is 35.7. The van der Waals surface area contributed by atoms with Crippen LogP contribution in [0, 0.1) is 32.1 Å². The molecule has 0 spiro atoms. The number of halogens is 9. The van der Waals surface area contributed by atoms with Gasteiger partial charge in [0.05, 0.1) is 50.1 Å². The highest BCUT2D eigenvalue weighted by Gasteiger charge is 2.39. The summed E-state index contributed by atoms with van der Waals surface area (Å²) < 4.78 is 131. The lowest BCUT2D eigenvalue weighted by Crippen LogP contribution is -2.12. The third kappa shape index (κ3) is 7.26. The second kappa shape index (κ2) is 15.4. The normalized spacial score (nSPS) is 12.5. The number of fused-ring (bicyclic) bond motifs is 6. The van der Waals surface area contributed by atoms with Crippen molar-refractivity contribution in [3.63, 3.8) is 0 Å². The number of alkyl halides is 9. The molecule has 8 aromatic carbocycles. The van der Waals surface area contributed by atoms with Gasteiger partial charge in [0.25, 0.3) is 0 Å². The van der Waals surface area contributed by atoms with E-state index in [1.54, 1.807) is 47.9 Å². The second-order valence-electron chi connectivity index (χ2n) is 16.8. The summed E-state index contributed by atoms with van der Waals surface area (Å²) in [4.78, 5) is 0. The molecule has 0 saturated heterocycles. The number of nitrogens with zero attached hydrogens (tertiary/aromatic N) is 3. The van der Waals surface area contributed by atoms with Crippen LogP contribution >= 0.6 is 0 Å². The highest BCUT2D eigenvalue weighted by Crippen LogP contribution is 2.45. The van der Waals surface area contributed by atoms with Crippen molar-refractivity contribution in [2.75, 3.05) is 0 Å². The number of hydrogen-bond acceptors (Lipinski definition) is 1. The van der Waals surface area contributed by atoms with Gasteiger partial charge in [-0.1, -0.05) is 96.6 Å². The van der Waals surface area contributed by atoms with Gasteiger partial charge in [-0.2, -0.15) is 44.8 Å². The summed E-state index contributed by atoms with van der Waals surface area (Å²) in [7, 11) is 0. The average molecular weight is 908 g/mol. The van der Waals surface area contributed by atoms with Crippen LogP contribution in [0.15, 0.2) is 152 Å². The van der Waals surface area contributed by atoms with E-state index in [9.17, 15) is 44.8 Å². The first-order valence-corrected chi connectivity index (χ1v) is 21.0. The highest BCUT2D eigenvalue weighted by molar-refractivity contribution is 6.12. The maximum atomic E-state index is 14.6. The number of nitriles is 1. The van der Waals surface area contributed by atoms with Crippen molar-refractivity contribution >= 4 is 43.6 Å². The molecule has 67 heavy (non-hydrogen) atoms. The van der Waals surface area contributed by atoms with Gasteiger partial charge in [0, 0.05) is 21.5 Å². The first-order valence-electron chi connectivity index (χ1n) is 21.0. The standard InChI is InChI=1S/C55H34F9N3/c1-30-12-17-38(31(2)22-30)33-13-18-43-41-8-4-6-10-47(41)66(49(43)24-33)51-26-35(39-20-15-36(23-32(39)3)53(56,57)58)27-52(45(51)29-65)67-48-11-7-5-9-42(48)44-19-14-34(25-50(44)67)40-21-16-37(54(59,60)61)28-46(40)55(62,63)64/h4-28H,1-3H3. The molecule has 0 aliphatic heterocycles. The number of rotatable bonds is 5. The molecule has 332 valence electrons. The minimum atomic E-state index is -5.16. The predicted molar refractivity (Wildman–Crippen MR) is 245 cm³/mol. The number of para-hydroxylation sites is 2. The highest BCUT2D eigenvalue weighted by atomic mass is 19.4. The Morgan fingerprint density at radius 2 is 0.851 bits per heavy atom. The van der Waals surface area contributed by atoms with E-state index in [0.717, 1.165) is 62.3 Å². The Balaban J connectivity index is 1.32. The lowest BCUT2D eigenvalue weighted by atomic mass is 9.95. The van der Waals surface area contributed by atoms with Crippen LogP contribution in [0.2, 0.25) is 0 Å². The van der Waals surface area contributed by atoms with E-state index >= 15 is 0 Å². The quantitative estimate of drug-likeness (QED) is 0.158. The summed E-state index contributed by atoms with van der Waals surface area (Å²) in [6, 6.07) is 42.3. The van der Waals surface area contributed by atoms with E-state index in [1.165, 1.54) is 18.2 Å². The summed E-state index contributed by atoms with van der Waals surface area (Å²) >= 11 is 0. The maximum absolute atomic E-state index is 14.6. The summed E-state index contributed by atoms with van der Waals surface area (Å²) in [6.45, 7) is 5.60. The fourth-order valence-electron chi connectivity index (χ4n) is 9.54. The van der Waals surface area contributed by atoms with Crippen LogP contribution < -0.4 is 0 Å². The molecule has 0 N–H and O–H groups in total. The van der Waals surface area contributed by atoms with Gasteiger partial charge in [-0.25, -0.2) is 0 Å². The van der Waals surface area contributed by atoms with E-state index in [1.807, 2.05) is 79.1 Å². The minimum absolute atomic E-state index is 0.0348. The molecule has 0 radical (unpaired) electrons. The topological polar surface area (TPSA) is 33.6 Å². The summed E-state index contributed by atoms with van der Waals surface area (Å²) in [5, 5.41) is 14.4. The molecule has 2 heterocycles. The third-order valence-corrected chi connectivity index (χ3v) is 12.6. The first kappa shape index (κ1) is 43.1.